The van der Waals surface area contributed by atoms with Crippen LogP contribution in [-0.2, 0) is 14.7 Å². The molecule has 2 aromatic rings. The SMILES string of the molecule is CNS(=O)(=O)c1ccc(-c2ccc(B(O)OC(C)(C)C(C)(C)O)cc2)cc1. The first-order chi connectivity index (χ1) is 12.4. The fourth-order valence-corrected chi connectivity index (χ4v) is 3.01. The number of hydrogen-bond donors (Lipinski definition) is 3. The molecule has 0 heterocycles. The standard InChI is InChI=1S/C19H26BNO5S/c1-18(2,22)19(3,4)26-20(23)16-10-6-14(7-11-16)15-8-12-17(13-9-15)27(24,25)21-5/h6-13,21-23H,1-5H3. The molecule has 0 bridgehead atoms. The second-order valence-electron chi connectivity index (χ2n) is 7.39. The number of aliphatic hydroxyl groups is 1. The lowest BCUT2D eigenvalue weighted by Crippen LogP contribution is -2.53. The van der Waals surface area contributed by atoms with Gasteiger partial charge in [-0.1, -0.05) is 36.4 Å². The molecule has 2 aromatic carbocycles. The molecule has 0 aliphatic rings. The van der Waals surface area contributed by atoms with Crippen LogP contribution in [-0.4, -0.2) is 43.9 Å². The maximum Gasteiger partial charge on any atom is 0.491 e. The summed E-state index contributed by atoms with van der Waals surface area (Å²) in [6, 6.07) is 13.6. The van der Waals surface area contributed by atoms with Crippen molar-refractivity contribution < 1.29 is 23.2 Å². The quantitative estimate of drug-likeness (QED) is 0.622. The van der Waals surface area contributed by atoms with Gasteiger partial charge in [0.2, 0.25) is 10.0 Å². The van der Waals surface area contributed by atoms with Gasteiger partial charge in [0, 0.05) is 0 Å². The third-order valence-electron chi connectivity index (χ3n) is 4.84. The van der Waals surface area contributed by atoms with Gasteiger partial charge in [0.1, 0.15) is 0 Å². The van der Waals surface area contributed by atoms with E-state index in [1.54, 1.807) is 64.1 Å². The van der Waals surface area contributed by atoms with Crippen molar-refractivity contribution in [3.63, 3.8) is 0 Å². The molecule has 8 heteroatoms. The molecule has 2 rings (SSSR count). The predicted octanol–water partition coefficient (Wildman–Crippen LogP) is 1.52. The first kappa shape index (κ1) is 21.6. The topological polar surface area (TPSA) is 95.9 Å². The maximum atomic E-state index is 11.8. The van der Waals surface area contributed by atoms with Crippen molar-refractivity contribution >= 4 is 22.6 Å². The predicted molar refractivity (Wildman–Crippen MR) is 107 cm³/mol. The minimum absolute atomic E-state index is 0.197. The lowest BCUT2D eigenvalue weighted by atomic mass is 9.76. The van der Waals surface area contributed by atoms with Gasteiger partial charge in [0.25, 0.3) is 0 Å². The second-order valence-corrected chi connectivity index (χ2v) is 9.28. The normalized spacial score (nSPS) is 12.9. The summed E-state index contributed by atoms with van der Waals surface area (Å²) in [7, 11) is -3.27. The molecule has 3 N–H and O–H groups in total. The zero-order chi connectivity index (χ0) is 20.5. The number of sulfonamides is 1. The van der Waals surface area contributed by atoms with E-state index in [-0.39, 0.29) is 4.90 Å². The van der Waals surface area contributed by atoms with Gasteiger partial charge >= 0.3 is 7.12 Å². The van der Waals surface area contributed by atoms with E-state index in [9.17, 15) is 18.5 Å². The Bertz CT molecular complexity index is 872. The summed E-state index contributed by atoms with van der Waals surface area (Å²) >= 11 is 0. The van der Waals surface area contributed by atoms with Crippen molar-refractivity contribution in [1.82, 2.24) is 4.72 Å². The lowest BCUT2D eigenvalue weighted by molar-refractivity contribution is -0.0982. The number of benzene rings is 2. The van der Waals surface area contributed by atoms with Crippen LogP contribution in [0.4, 0.5) is 0 Å². The Labute approximate surface area is 161 Å². The lowest BCUT2D eigenvalue weighted by Gasteiger charge is -2.38. The first-order valence-electron chi connectivity index (χ1n) is 8.59. The summed E-state index contributed by atoms with van der Waals surface area (Å²) in [6.45, 7) is 6.68. The van der Waals surface area contributed by atoms with Crippen molar-refractivity contribution in [3.8, 4) is 11.1 Å². The Morgan fingerprint density at radius 1 is 0.926 bits per heavy atom. The molecule has 0 amide bonds. The van der Waals surface area contributed by atoms with Crippen LogP contribution in [0.5, 0.6) is 0 Å². The van der Waals surface area contributed by atoms with Gasteiger partial charge in [-0.3, -0.25) is 0 Å². The first-order valence-corrected chi connectivity index (χ1v) is 10.1. The van der Waals surface area contributed by atoms with Gasteiger partial charge in [0.05, 0.1) is 16.1 Å². The van der Waals surface area contributed by atoms with E-state index < -0.39 is 28.3 Å². The van der Waals surface area contributed by atoms with Crippen LogP contribution >= 0.6 is 0 Å². The molecule has 0 saturated heterocycles. The van der Waals surface area contributed by atoms with Crippen molar-refractivity contribution in [2.75, 3.05) is 7.05 Å². The highest BCUT2D eigenvalue weighted by Gasteiger charge is 2.39. The minimum atomic E-state index is -3.46. The largest absolute Gasteiger partial charge is 0.491 e. The van der Waals surface area contributed by atoms with Crippen LogP contribution in [0.25, 0.3) is 11.1 Å². The molecule has 0 radical (unpaired) electrons. The molecule has 0 fully saturated rings. The highest BCUT2D eigenvalue weighted by Crippen LogP contribution is 2.26. The molecule has 0 aliphatic carbocycles. The van der Waals surface area contributed by atoms with Crippen molar-refractivity contribution in [2.45, 2.75) is 43.8 Å². The van der Waals surface area contributed by atoms with E-state index in [1.807, 2.05) is 12.1 Å². The van der Waals surface area contributed by atoms with E-state index in [4.69, 9.17) is 4.65 Å². The van der Waals surface area contributed by atoms with Crippen LogP contribution < -0.4 is 10.2 Å². The van der Waals surface area contributed by atoms with Crippen LogP contribution in [0.15, 0.2) is 53.4 Å². The molecule has 0 aliphatic heterocycles. The van der Waals surface area contributed by atoms with E-state index in [0.29, 0.717) is 5.46 Å². The second kappa shape index (κ2) is 7.73. The van der Waals surface area contributed by atoms with Crippen molar-refractivity contribution in [2.24, 2.45) is 0 Å². The number of rotatable bonds is 7. The Kier molecular flexibility index (Phi) is 6.18. The summed E-state index contributed by atoms with van der Waals surface area (Å²) in [4.78, 5) is 0.197. The summed E-state index contributed by atoms with van der Waals surface area (Å²) in [5.74, 6) is 0. The zero-order valence-electron chi connectivity index (χ0n) is 16.2. The molecule has 146 valence electrons. The summed E-state index contributed by atoms with van der Waals surface area (Å²) in [5, 5.41) is 20.5. The summed E-state index contributed by atoms with van der Waals surface area (Å²) in [5.41, 5.74) is 0.221. The maximum absolute atomic E-state index is 11.8. The van der Waals surface area contributed by atoms with Gasteiger partial charge in [-0.15, -0.1) is 0 Å². The Morgan fingerprint density at radius 3 is 1.78 bits per heavy atom. The van der Waals surface area contributed by atoms with Gasteiger partial charge in [-0.05, 0) is 63.5 Å². The fraction of sp³-hybridized carbons (Fsp3) is 0.368. The minimum Gasteiger partial charge on any atom is -0.423 e. The van der Waals surface area contributed by atoms with E-state index >= 15 is 0 Å². The monoisotopic (exact) mass is 391 g/mol. The molecule has 0 unspecified atom stereocenters. The van der Waals surface area contributed by atoms with Crippen molar-refractivity contribution in [1.29, 1.82) is 0 Å². The highest BCUT2D eigenvalue weighted by atomic mass is 32.2. The van der Waals surface area contributed by atoms with Gasteiger partial charge < -0.3 is 14.8 Å². The number of hydrogen-bond acceptors (Lipinski definition) is 5. The highest BCUT2D eigenvalue weighted by molar-refractivity contribution is 7.89. The third-order valence-corrected chi connectivity index (χ3v) is 6.27. The molecule has 6 nitrogen and oxygen atoms in total. The smallest absolute Gasteiger partial charge is 0.423 e. The van der Waals surface area contributed by atoms with Crippen LogP contribution in [0.2, 0.25) is 0 Å². The average Bonchev–Trinajstić information content (AvgIpc) is 2.60. The molecule has 0 spiro atoms. The average molecular weight is 391 g/mol. The van der Waals surface area contributed by atoms with Crippen LogP contribution in [0, 0.1) is 0 Å². The fourth-order valence-electron chi connectivity index (χ4n) is 2.28. The summed E-state index contributed by atoms with van der Waals surface area (Å²) < 4.78 is 31.5. The molecular weight excluding hydrogens is 365 g/mol. The third kappa shape index (κ3) is 4.97. The van der Waals surface area contributed by atoms with Crippen molar-refractivity contribution in [3.05, 3.63) is 48.5 Å². The molecule has 0 atom stereocenters. The zero-order valence-corrected chi connectivity index (χ0v) is 17.0. The molecule has 0 aromatic heterocycles. The Balaban J connectivity index is 2.18. The molecule has 27 heavy (non-hydrogen) atoms. The summed E-state index contributed by atoms with van der Waals surface area (Å²) in [6.07, 6.45) is 0. The molecular formula is C19H26BNO5S. The molecule has 0 saturated carbocycles. The van der Waals surface area contributed by atoms with E-state index in [2.05, 4.69) is 4.72 Å². The van der Waals surface area contributed by atoms with Crippen LogP contribution in [0.1, 0.15) is 27.7 Å². The van der Waals surface area contributed by atoms with Gasteiger partial charge in [-0.2, -0.15) is 0 Å². The Hall–Kier alpha value is -1.71. The van der Waals surface area contributed by atoms with Crippen LogP contribution in [0.3, 0.4) is 0 Å². The number of nitrogens with one attached hydrogen (secondary N) is 1. The van der Waals surface area contributed by atoms with Gasteiger partial charge in [0.15, 0.2) is 0 Å². The van der Waals surface area contributed by atoms with E-state index in [0.717, 1.165) is 11.1 Å². The van der Waals surface area contributed by atoms with Gasteiger partial charge in [-0.25, -0.2) is 13.1 Å². The Morgan fingerprint density at radius 2 is 1.37 bits per heavy atom. The van der Waals surface area contributed by atoms with E-state index in [1.165, 1.54) is 7.05 Å².